The molecule has 3 heterocycles. The van der Waals surface area contributed by atoms with Gasteiger partial charge in [0, 0.05) is 26.2 Å². The third-order valence-corrected chi connectivity index (χ3v) is 5.08. The monoisotopic (exact) mass is 406 g/mol. The van der Waals surface area contributed by atoms with E-state index in [0.29, 0.717) is 17.6 Å². The predicted molar refractivity (Wildman–Crippen MR) is 113 cm³/mol. The summed E-state index contributed by atoms with van der Waals surface area (Å²) in [5.41, 5.74) is 1.76. The number of imidazole rings is 1. The van der Waals surface area contributed by atoms with Gasteiger partial charge >= 0.3 is 5.97 Å². The third-order valence-electron chi connectivity index (χ3n) is 5.08. The Balaban J connectivity index is 1.75. The highest BCUT2D eigenvalue weighted by molar-refractivity contribution is 5.87. The predicted octanol–water partition coefficient (Wildman–Crippen LogP) is 0.772. The summed E-state index contributed by atoms with van der Waals surface area (Å²) in [4.78, 5) is 31.1. The van der Waals surface area contributed by atoms with Gasteiger partial charge in [-0.2, -0.15) is 5.10 Å². The zero-order valence-electron chi connectivity index (χ0n) is 16.6. The van der Waals surface area contributed by atoms with E-state index in [-0.39, 0.29) is 17.7 Å². The lowest BCUT2D eigenvalue weighted by Crippen LogP contribution is -2.44. The van der Waals surface area contributed by atoms with Gasteiger partial charge in [0.05, 0.1) is 24.8 Å². The molecule has 9 nitrogen and oxygen atoms in total. The maximum Gasteiger partial charge on any atom is 0.335 e. The topological polar surface area (TPSA) is 105 Å². The molecule has 0 radical (unpaired) electrons. The molecule has 0 aliphatic carbocycles. The van der Waals surface area contributed by atoms with Gasteiger partial charge in [0.2, 0.25) is 5.95 Å². The highest BCUT2D eigenvalue weighted by Crippen LogP contribution is 2.20. The molecule has 0 amide bonds. The van der Waals surface area contributed by atoms with Gasteiger partial charge in [-0.25, -0.2) is 14.5 Å². The SMILES string of the molecule is CC#CCn1c(N2CCNCC2)nc2cnn(Cc3ccc(C(=O)O)cc3)c(=O)c21. The van der Waals surface area contributed by atoms with E-state index in [0.717, 1.165) is 37.7 Å². The molecule has 0 saturated carbocycles. The molecule has 0 spiro atoms. The lowest BCUT2D eigenvalue weighted by Gasteiger charge is -2.28. The number of piperazine rings is 1. The summed E-state index contributed by atoms with van der Waals surface area (Å²) >= 11 is 0. The Bertz CT molecular complexity index is 1190. The lowest BCUT2D eigenvalue weighted by molar-refractivity contribution is 0.0697. The first-order chi connectivity index (χ1) is 14.6. The molecule has 0 bridgehead atoms. The summed E-state index contributed by atoms with van der Waals surface area (Å²) in [5.74, 6) is 5.68. The quantitative estimate of drug-likeness (QED) is 0.603. The number of rotatable bonds is 5. The first-order valence-electron chi connectivity index (χ1n) is 9.72. The van der Waals surface area contributed by atoms with Crippen LogP contribution < -0.4 is 15.8 Å². The third kappa shape index (κ3) is 3.77. The van der Waals surface area contributed by atoms with Crippen molar-refractivity contribution in [1.82, 2.24) is 24.6 Å². The second-order valence-corrected chi connectivity index (χ2v) is 7.01. The lowest BCUT2D eigenvalue weighted by atomic mass is 10.1. The van der Waals surface area contributed by atoms with Gasteiger partial charge in [-0.05, 0) is 24.6 Å². The maximum atomic E-state index is 13.3. The van der Waals surface area contributed by atoms with E-state index in [1.54, 1.807) is 25.3 Å². The standard InChI is InChI=1S/C21H22N6O3/c1-2-3-10-26-18-17(24-21(26)25-11-8-22-9-12-25)13-23-27(19(18)28)14-15-4-6-16(7-5-15)20(29)30/h4-7,13,22H,8-12,14H2,1H3,(H,29,30). The van der Waals surface area contributed by atoms with Crippen LogP contribution in [-0.4, -0.2) is 56.6 Å². The van der Waals surface area contributed by atoms with E-state index in [2.05, 4.69) is 32.1 Å². The second-order valence-electron chi connectivity index (χ2n) is 7.01. The molecule has 9 heteroatoms. The molecule has 1 saturated heterocycles. The van der Waals surface area contributed by atoms with E-state index in [4.69, 9.17) is 5.11 Å². The van der Waals surface area contributed by atoms with Crippen LogP contribution in [0.5, 0.6) is 0 Å². The van der Waals surface area contributed by atoms with Crippen molar-refractivity contribution < 1.29 is 9.90 Å². The molecular formula is C21H22N6O3. The van der Waals surface area contributed by atoms with Crippen molar-refractivity contribution in [1.29, 1.82) is 0 Å². The van der Waals surface area contributed by atoms with E-state index >= 15 is 0 Å². The summed E-state index contributed by atoms with van der Waals surface area (Å²) in [6.07, 6.45) is 1.60. The average Bonchev–Trinajstić information content (AvgIpc) is 3.14. The van der Waals surface area contributed by atoms with Crippen molar-refractivity contribution >= 4 is 23.0 Å². The Hall–Kier alpha value is -3.64. The summed E-state index contributed by atoms with van der Waals surface area (Å²) in [5, 5.41) is 16.6. The molecule has 1 fully saturated rings. The van der Waals surface area contributed by atoms with Gasteiger partial charge < -0.3 is 15.3 Å². The average molecular weight is 406 g/mol. The van der Waals surface area contributed by atoms with Gasteiger partial charge in [0.15, 0.2) is 0 Å². The summed E-state index contributed by atoms with van der Waals surface area (Å²) in [6, 6.07) is 6.41. The minimum atomic E-state index is -0.986. The zero-order valence-corrected chi connectivity index (χ0v) is 16.6. The fourth-order valence-electron chi connectivity index (χ4n) is 3.53. The van der Waals surface area contributed by atoms with Gasteiger partial charge in [0.25, 0.3) is 5.56 Å². The molecule has 2 aromatic heterocycles. The van der Waals surface area contributed by atoms with Crippen molar-refractivity contribution in [3.8, 4) is 11.8 Å². The fraction of sp³-hybridized carbons (Fsp3) is 0.333. The van der Waals surface area contributed by atoms with E-state index in [1.165, 1.54) is 16.8 Å². The summed E-state index contributed by atoms with van der Waals surface area (Å²) in [7, 11) is 0. The van der Waals surface area contributed by atoms with Crippen LogP contribution in [0.25, 0.3) is 11.0 Å². The van der Waals surface area contributed by atoms with E-state index in [9.17, 15) is 9.59 Å². The molecule has 4 rings (SSSR count). The van der Waals surface area contributed by atoms with Crippen LogP contribution in [0, 0.1) is 11.8 Å². The Morgan fingerprint density at radius 3 is 2.63 bits per heavy atom. The molecule has 0 unspecified atom stereocenters. The minimum absolute atomic E-state index is 0.200. The van der Waals surface area contributed by atoms with Gasteiger partial charge in [0.1, 0.15) is 11.0 Å². The Morgan fingerprint density at radius 1 is 1.23 bits per heavy atom. The van der Waals surface area contributed by atoms with Crippen molar-refractivity contribution in [2.45, 2.75) is 20.0 Å². The van der Waals surface area contributed by atoms with Crippen LogP contribution in [0.1, 0.15) is 22.8 Å². The molecule has 154 valence electrons. The number of carboxylic acids is 1. The summed E-state index contributed by atoms with van der Waals surface area (Å²) < 4.78 is 3.24. The normalized spacial score (nSPS) is 13.8. The number of benzene rings is 1. The number of hydrogen-bond acceptors (Lipinski definition) is 6. The Kier molecular flexibility index (Phi) is 5.50. The zero-order chi connectivity index (χ0) is 21.1. The smallest absolute Gasteiger partial charge is 0.335 e. The van der Waals surface area contributed by atoms with Crippen molar-refractivity contribution in [2.24, 2.45) is 0 Å². The number of aromatic carboxylic acids is 1. The first kappa shape index (κ1) is 19.7. The van der Waals surface area contributed by atoms with Crippen LogP contribution in [-0.2, 0) is 13.1 Å². The van der Waals surface area contributed by atoms with Crippen molar-refractivity contribution in [3.05, 3.63) is 51.9 Å². The Morgan fingerprint density at radius 2 is 1.97 bits per heavy atom. The van der Waals surface area contributed by atoms with Crippen LogP contribution in [0.4, 0.5) is 5.95 Å². The molecule has 1 aromatic carbocycles. The van der Waals surface area contributed by atoms with Crippen molar-refractivity contribution in [3.63, 3.8) is 0 Å². The van der Waals surface area contributed by atoms with Crippen LogP contribution in [0.15, 0.2) is 35.3 Å². The van der Waals surface area contributed by atoms with Gasteiger partial charge in [-0.3, -0.25) is 9.36 Å². The molecule has 1 aliphatic rings. The van der Waals surface area contributed by atoms with Gasteiger partial charge in [-0.15, -0.1) is 5.92 Å². The van der Waals surface area contributed by atoms with Crippen LogP contribution >= 0.6 is 0 Å². The van der Waals surface area contributed by atoms with Crippen LogP contribution in [0.3, 0.4) is 0 Å². The van der Waals surface area contributed by atoms with E-state index in [1.807, 2.05) is 4.57 Å². The number of nitrogens with one attached hydrogen (secondary N) is 1. The first-order valence-corrected chi connectivity index (χ1v) is 9.72. The molecule has 3 aromatic rings. The number of anilines is 1. The minimum Gasteiger partial charge on any atom is -0.478 e. The largest absolute Gasteiger partial charge is 0.478 e. The molecule has 0 atom stereocenters. The molecule has 30 heavy (non-hydrogen) atoms. The number of nitrogens with zero attached hydrogens (tertiary/aromatic N) is 5. The number of hydrogen-bond donors (Lipinski definition) is 2. The second kappa shape index (κ2) is 8.39. The number of carbonyl (C=O) groups is 1. The van der Waals surface area contributed by atoms with Crippen LogP contribution in [0.2, 0.25) is 0 Å². The maximum absolute atomic E-state index is 13.3. The fourth-order valence-corrected chi connectivity index (χ4v) is 3.53. The highest BCUT2D eigenvalue weighted by atomic mass is 16.4. The molecule has 2 N–H and O–H groups in total. The summed E-state index contributed by atoms with van der Waals surface area (Å²) in [6.45, 7) is 5.71. The number of fused-ring (bicyclic) bond motifs is 1. The van der Waals surface area contributed by atoms with Crippen molar-refractivity contribution in [2.75, 3.05) is 31.1 Å². The Labute approximate surface area is 172 Å². The van der Waals surface area contributed by atoms with E-state index < -0.39 is 5.97 Å². The van der Waals surface area contributed by atoms with Gasteiger partial charge in [-0.1, -0.05) is 18.1 Å². The number of aromatic nitrogens is 4. The highest BCUT2D eigenvalue weighted by Gasteiger charge is 2.21. The molecular weight excluding hydrogens is 384 g/mol. The number of carboxylic acid groups (broad SMARTS) is 1. The molecule has 1 aliphatic heterocycles.